The zero-order valence-electron chi connectivity index (χ0n) is 11.7. The van der Waals surface area contributed by atoms with Crippen LogP contribution < -0.4 is 0 Å². The highest BCUT2D eigenvalue weighted by atomic mass is 16.4. The minimum Gasteiger partial charge on any atom is -0.481 e. The molecule has 1 heterocycles. The van der Waals surface area contributed by atoms with Crippen molar-refractivity contribution in [3.05, 3.63) is 30.1 Å². The lowest BCUT2D eigenvalue weighted by atomic mass is 10.3. The van der Waals surface area contributed by atoms with Crippen molar-refractivity contribution < 1.29 is 19.8 Å². The van der Waals surface area contributed by atoms with Crippen LogP contribution in [-0.2, 0) is 22.7 Å². The van der Waals surface area contributed by atoms with Gasteiger partial charge in [-0.1, -0.05) is 12.1 Å². The molecule has 1 aromatic heterocycles. The third kappa shape index (κ3) is 3.79. The predicted molar refractivity (Wildman–Crippen MR) is 76.0 cm³/mol. The Morgan fingerprint density at radius 2 is 1.95 bits per heavy atom. The zero-order chi connectivity index (χ0) is 15.4. The van der Waals surface area contributed by atoms with Crippen LogP contribution in [0.15, 0.2) is 24.3 Å². The Balaban J connectivity index is 2.25. The van der Waals surface area contributed by atoms with Gasteiger partial charge in [0.25, 0.3) is 0 Å². The maximum Gasteiger partial charge on any atom is 0.323 e. The number of imidazole rings is 1. The summed E-state index contributed by atoms with van der Waals surface area (Å²) in [6.07, 6.45) is 0.0374. The number of para-hydroxylation sites is 2. The number of aromatic nitrogens is 2. The van der Waals surface area contributed by atoms with Crippen molar-refractivity contribution in [1.29, 1.82) is 0 Å². The smallest absolute Gasteiger partial charge is 0.323 e. The molecule has 7 heteroatoms. The van der Waals surface area contributed by atoms with E-state index >= 15 is 0 Å². The van der Waals surface area contributed by atoms with E-state index in [2.05, 4.69) is 4.98 Å². The SMILES string of the molecule is CN(CCC(=O)O)Cc1nc2ccccc2n1CC(=O)O. The molecule has 2 rings (SSSR count). The summed E-state index contributed by atoms with van der Waals surface area (Å²) in [4.78, 5) is 27.9. The van der Waals surface area contributed by atoms with Crippen LogP contribution in [0.2, 0.25) is 0 Å². The van der Waals surface area contributed by atoms with E-state index < -0.39 is 11.9 Å². The second-order valence-corrected chi connectivity index (χ2v) is 4.88. The normalized spacial score (nSPS) is 11.1. The van der Waals surface area contributed by atoms with Gasteiger partial charge in [-0.2, -0.15) is 0 Å². The molecule has 0 atom stereocenters. The molecule has 21 heavy (non-hydrogen) atoms. The van der Waals surface area contributed by atoms with Gasteiger partial charge in [0.05, 0.1) is 24.0 Å². The molecule has 0 saturated heterocycles. The summed E-state index contributed by atoms with van der Waals surface area (Å²) in [5, 5.41) is 17.7. The molecule has 0 aliphatic carbocycles. The van der Waals surface area contributed by atoms with Crippen molar-refractivity contribution in [2.24, 2.45) is 0 Å². The molecule has 0 unspecified atom stereocenters. The maximum atomic E-state index is 11.0. The fourth-order valence-corrected chi connectivity index (χ4v) is 2.16. The van der Waals surface area contributed by atoms with Crippen molar-refractivity contribution in [1.82, 2.24) is 14.5 Å². The lowest BCUT2D eigenvalue weighted by molar-refractivity contribution is -0.138. The monoisotopic (exact) mass is 291 g/mol. The van der Waals surface area contributed by atoms with Crippen LogP contribution in [0.1, 0.15) is 12.2 Å². The third-order valence-corrected chi connectivity index (χ3v) is 3.15. The highest BCUT2D eigenvalue weighted by Crippen LogP contribution is 2.17. The van der Waals surface area contributed by atoms with E-state index in [4.69, 9.17) is 10.2 Å². The Morgan fingerprint density at radius 3 is 2.62 bits per heavy atom. The number of hydrogen-bond acceptors (Lipinski definition) is 4. The first-order chi connectivity index (χ1) is 9.97. The van der Waals surface area contributed by atoms with Crippen molar-refractivity contribution in [2.75, 3.05) is 13.6 Å². The quantitative estimate of drug-likeness (QED) is 0.791. The Morgan fingerprint density at radius 1 is 1.24 bits per heavy atom. The molecule has 2 aromatic rings. The molecule has 2 N–H and O–H groups in total. The van der Waals surface area contributed by atoms with Crippen LogP contribution in [0, 0.1) is 0 Å². The molecule has 0 bridgehead atoms. The lowest BCUT2D eigenvalue weighted by Crippen LogP contribution is -2.24. The molecule has 1 aromatic carbocycles. The van der Waals surface area contributed by atoms with Gasteiger partial charge in [0.15, 0.2) is 0 Å². The zero-order valence-corrected chi connectivity index (χ0v) is 11.7. The topological polar surface area (TPSA) is 95.7 Å². The first kappa shape index (κ1) is 15.0. The number of benzene rings is 1. The molecular formula is C14H17N3O4. The second-order valence-electron chi connectivity index (χ2n) is 4.88. The van der Waals surface area contributed by atoms with E-state index in [0.717, 1.165) is 11.0 Å². The van der Waals surface area contributed by atoms with E-state index in [0.29, 0.717) is 18.9 Å². The first-order valence-corrected chi connectivity index (χ1v) is 6.53. The van der Waals surface area contributed by atoms with Crippen molar-refractivity contribution in [3.63, 3.8) is 0 Å². The first-order valence-electron chi connectivity index (χ1n) is 6.53. The minimum atomic E-state index is -0.937. The van der Waals surface area contributed by atoms with E-state index in [9.17, 15) is 9.59 Å². The van der Waals surface area contributed by atoms with Gasteiger partial charge >= 0.3 is 11.9 Å². The Kier molecular flexibility index (Phi) is 4.54. The number of hydrogen-bond donors (Lipinski definition) is 2. The van der Waals surface area contributed by atoms with Gasteiger partial charge in [-0.25, -0.2) is 4.98 Å². The molecule has 7 nitrogen and oxygen atoms in total. The lowest BCUT2D eigenvalue weighted by Gasteiger charge is -2.15. The maximum absolute atomic E-state index is 11.0. The van der Waals surface area contributed by atoms with Crippen molar-refractivity contribution in [2.45, 2.75) is 19.5 Å². The van der Waals surface area contributed by atoms with Crippen LogP contribution >= 0.6 is 0 Å². The second kappa shape index (κ2) is 6.36. The number of carbonyl (C=O) groups is 2. The highest BCUT2D eigenvalue weighted by molar-refractivity contribution is 5.78. The number of nitrogens with zero attached hydrogens (tertiary/aromatic N) is 3. The molecule has 112 valence electrons. The molecular weight excluding hydrogens is 274 g/mol. The fourth-order valence-electron chi connectivity index (χ4n) is 2.16. The van der Waals surface area contributed by atoms with Gasteiger partial charge in [0, 0.05) is 6.54 Å². The highest BCUT2D eigenvalue weighted by Gasteiger charge is 2.14. The molecule has 0 amide bonds. The Labute approximate surface area is 121 Å². The summed E-state index contributed by atoms with van der Waals surface area (Å²) in [5.41, 5.74) is 1.50. The van der Waals surface area contributed by atoms with Crippen LogP contribution in [0.3, 0.4) is 0 Å². The number of rotatable bonds is 7. The Bertz CT molecular complexity index is 665. The van der Waals surface area contributed by atoms with Gasteiger partial charge in [-0.15, -0.1) is 0 Å². The number of fused-ring (bicyclic) bond motifs is 1. The van der Waals surface area contributed by atoms with Crippen LogP contribution in [0.4, 0.5) is 0 Å². The number of aliphatic carboxylic acids is 2. The van der Waals surface area contributed by atoms with Gasteiger partial charge in [0.2, 0.25) is 0 Å². The molecule has 0 spiro atoms. The summed E-state index contributed by atoms with van der Waals surface area (Å²) in [5.74, 6) is -1.18. The van der Waals surface area contributed by atoms with Crippen LogP contribution in [-0.4, -0.2) is 50.2 Å². The van der Waals surface area contributed by atoms with Crippen molar-refractivity contribution in [3.8, 4) is 0 Å². The Hall–Kier alpha value is -2.41. The molecule has 0 radical (unpaired) electrons. The van der Waals surface area contributed by atoms with Gasteiger partial charge in [-0.3, -0.25) is 14.5 Å². The number of carboxylic acids is 2. The summed E-state index contributed by atoms with van der Waals surface area (Å²) in [6.45, 7) is 0.615. The molecule has 0 aliphatic heterocycles. The summed E-state index contributed by atoms with van der Waals surface area (Å²) < 4.78 is 1.65. The van der Waals surface area contributed by atoms with E-state index in [1.54, 1.807) is 11.6 Å². The van der Waals surface area contributed by atoms with Crippen LogP contribution in [0.25, 0.3) is 11.0 Å². The predicted octanol–water partition coefficient (Wildman–Crippen LogP) is 1.03. The van der Waals surface area contributed by atoms with Crippen LogP contribution in [0.5, 0.6) is 0 Å². The summed E-state index contributed by atoms with van der Waals surface area (Å²) >= 11 is 0. The van der Waals surface area contributed by atoms with E-state index in [1.807, 2.05) is 29.2 Å². The summed E-state index contributed by atoms with van der Waals surface area (Å²) in [6, 6.07) is 7.33. The van der Waals surface area contributed by atoms with Gasteiger partial charge in [0.1, 0.15) is 12.4 Å². The van der Waals surface area contributed by atoms with Gasteiger partial charge in [-0.05, 0) is 19.2 Å². The van der Waals surface area contributed by atoms with E-state index in [-0.39, 0.29) is 13.0 Å². The minimum absolute atomic E-state index is 0.0374. The number of carboxylic acid groups (broad SMARTS) is 2. The standard InChI is InChI=1S/C14H17N3O4/c1-16(7-6-13(18)19)8-12-15-10-4-2-3-5-11(10)17(12)9-14(20)21/h2-5H,6-9H2,1H3,(H,18,19)(H,20,21). The largest absolute Gasteiger partial charge is 0.481 e. The third-order valence-electron chi connectivity index (χ3n) is 3.15. The van der Waals surface area contributed by atoms with Gasteiger partial charge < -0.3 is 14.8 Å². The fraction of sp³-hybridized carbons (Fsp3) is 0.357. The molecule has 0 saturated carbocycles. The van der Waals surface area contributed by atoms with E-state index in [1.165, 1.54) is 0 Å². The molecule has 0 fully saturated rings. The summed E-state index contributed by atoms with van der Waals surface area (Å²) in [7, 11) is 1.79. The molecule has 0 aliphatic rings. The average molecular weight is 291 g/mol. The van der Waals surface area contributed by atoms with Crippen molar-refractivity contribution >= 4 is 23.0 Å². The average Bonchev–Trinajstić information content (AvgIpc) is 2.74.